The average Bonchev–Trinajstić information content (AvgIpc) is 3.21. The first-order chi connectivity index (χ1) is 17.0. The van der Waals surface area contributed by atoms with Gasteiger partial charge in [0.2, 0.25) is 5.91 Å². The molecule has 1 heterocycles. The van der Waals surface area contributed by atoms with E-state index in [1.165, 1.54) is 5.56 Å². The number of benzene rings is 3. The van der Waals surface area contributed by atoms with Crippen molar-refractivity contribution in [2.75, 3.05) is 20.3 Å². The summed E-state index contributed by atoms with van der Waals surface area (Å²) in [7, 11) is 1.63. The number of imidazole rings is 1. The summed E-state index contributed by atoms with van der Waals surface area (Å²) in [6.45, 7) is 6.05. The van der Waals surface area contributed by atoms with Crippen LogP contribution in [0.2, 0.25) is 0 Å². The molecule has 6 nitrogen and oxygen atoms in total. The fraction of sp³-hybridized carbons (Fsp3) is 0.310. The Kier molecular flexibility index (Phi) is 8.03. The quantitative estimate of drug-likeness (QED) is 0.312. The first kappa shape index (κ1) is 24.3. The maximum Gasteiger partial charge on any atom is 0.224 e. The molecule has 6 heteroatoms. The van der Waals surface area contributed by atoms with Gasteiger partial charge >= 0.3 is 0 Å². The van der Waals surface area contributed by atoms with Crippen LogP contribution in [-0.2, 0) is 24.2 Å². The summed E-state index contributed by atoms with van der Waals surface area (Å²) in [5.41, 5.74) is 5.43. The van der Waals surface area contributed by atoms with E-state index in [4.69, 9.17) is 14.5 Å². The number of carbonyl (C=O) groups is 1. The van der Waals surface area contributed by atoms with Crippen molar-refractivity contribution in [2.24, 2.45) is 0 Å². The molecule has 1 amide bonds. The van der Waals surface area contributed by atoms with Gasteiger partial charge in [-0.2, -0.15) is 0 Å². The molecule has 1 N–H and O–H groups in total. The second kappa shape index (κ2) is 11.6. The minimum absolute atomic E-state index is 0.0190. The fourth-order valence-corrected chi connectivity index (χ4v) is 4.24. The Hall–Kier alpha value is -3.80. The minimum atomic E-state index is 0.0190. The highest BCUT2D eigenvalue weighted by atomic mass is 16.5. The van der Waals surface area contributed by atoms with E-state index in [0.29, 0.717) is 26.1 Å². The third-order valence-electron chi connectivity index (χ3n) is 6.06. The zero-order valence-corrected chi connectivity index (χ0v) is 20.7. The Bertz CT molecular complexity index is 1280. The van der Waals surface area contributed by atoms with Gasteiger partial charge in [0.25, 0.3) is 0 Å². The molecular weight excluding hydrogens is 438 g/mol. The molecule has 3 aromatic carbocycles. The summed E-state index contributed by atoms with van der Waals surface area (Å²) in [5, 5.41) is 3.03. The molecular formula is C29H33N3O3. The van der Waals surface area contributed by atoms with Crippen molar-refractivity contribution in [3.05, 3.63) is 89.2 Å². The topological polar surface area (TPSA) is 65.4 Å². The molecule has 0 bridgehead atoms. The maximum absolute atomic E-state index is 12.3. The van der Waals surface area contributed by atoms with Gasteiger partial charge in [-0.25, -0.2) is 4.98 Å². The number of amides is 1. The summed E-state index contributed by atoms with van der Waals surface area (Å²) in [6, 6.07) is 22.0. The van der Waals surface area contributed by atoms with Crippen LogP contribution in [0.15, 0.2) is 66.7 Å². The number of rotatable bonds is 11. The maximum atomic E-state index is 12.3. The number of nitrogens with zero attached hydrogens (tertiary/aromatic N) is 2. The largest absolute Gasteiger partial charge is 0.497 e. The van der Waals surface area contributed by atoms with Crippen molar-refractivity contribution in [3.8, 4) is 11.5 Å². The number of hydrogen-bond donors (Lipinski definition) is 1. The molecule has 182 valence electrons. The molecule has 0 fully saturated rings. The van der Waals surface area contributed by atoms with Crippen LogP contribution in [-0.4, -0.2) is 35.7 Å². The lowest BCUT2D eigenvalue weighted by atomic mass is 10.1. The van der Waals surface area contributed by atoms with E-state index in [1.807, 2.05) is 48.5 Å². The van der Waals surface area contributed by atoms with Crippen molar-refractivity contribution in [1.29, 1.82) is 0 Å². The van der Waals surface area contributed by atoms with Gasteiger partial charge in [0.15, 0.2) is 0 Å². The van der Waals surface area contributed by atoms with Crippen molar-refractivity contribution in [3.63, 3.8) is 0 Å². The zero-order chi connectivity index (χ0) is 24.6. The van der Waals surface area contributed by atoms with E-state index in [9.17, 15) is 4.79 Å². The van der Waals surface area contributed by atoms with E-state index in [0.717, 1.165) is 52.3 Å². The fourth-order valence-electron chi connectivity index (χ4n) is 4.24. The molecule has 0 aliphatic carbocycles. The molecule has 4 rings (SSSR count). The van der Waals surface area contributed by atoms with Gasteiger partial charge in [0, 0.05) is 13.0 Å². The summed E-state index contributed by atoms with van der Waals surface area (Å²) in [4.78, 5) is 17.2. The van der Waals surface area contributed by atoms with Crippen LogP contribution < -0.4 is 14.8 Å². The predicted octanol–water partition coefficient (Wildman–Crippen LogP) is 5.03. The van der Waals surface area contributed by atoms with Crippen LogP contribution in [0.1, 0.15) is 28.9 Å². The highest BCUT2D eigenvalue weighted by Gasteiger charge is 2.11. The number of para-hydroxylation sites is 2. The zero-order valence-electron chi connectivity index (χ0n) is 20.7. The number of nitrogens with one attached hydrogen (secondary N) is 1. The lowest BCUT2D eigenvalue weighted by Crippen LogP contribution is -2.26. The van der Waals surface area contributed by atoms with Gasteiger partial charge in [-0.3, -0.25) is 4.79 Å². The first-order valence-electron chi connectivity index (χ1n) is 12.1. The monoisotopic (exact) mass is 471 g/mol. The van der Waals surface area contributed by atoms with Gasteiger partial charge in [-0.1, -0.05) is 42.0 Å². The van der Waals surface area contributed by atoms with Gasteiger partial charge in [0.05, 0.1) is 31.1 Å². The van der Waals surface area contributed by atoms with Crippen LogP contribution in [0.3, 0.4) is 0 Å². The van der Waals surface area contributed by atoms with Crippen molar-refractivity contribution in [1.82, 2.24) is 14.9 Å². The number of aryl methyl sites for hydroxylation is 3. The molecule has 0 saturated heterocycles. The van der Waals surface area contributed by atoms with E-state index in [1.54, 1.807) is 7.11 Å². The van der Waals surface area contributed by atoms with Gasteiger partial charge in [-0.05, 0) is 61.7 Å². The van der Waals surface area contributed by atoms with Crippen LogP contribution in [0.4, 0.5) is 0 Å². The second-order valence-corrected chi connectivity index (χ2v) is 8.76. The normalized spacial score (nSPS) is 10.9. The SMILES string of the molecule is COc1ccc(CC(=O)NCCCc2nc3ccccc3n2CCOc2ccc(C)cc2C)cc1. The van der Waals surface area contributed by atoms with Gasteiger partial charge in [0.1, 0.15) is 23.9 Å². The highest BCUT2D eigenvalue weighted by molar-refractivity contribution is 5.78. The molecule has 0 unspecified atom stereocenters. The Labute approximate surface area is 206 Å². The molecule has 4 aromatic rings. The molecule has 1 aromatic heterocycles. The number of aromatic nitrogens is 2. The van der Waals surface area contributed by atoms with Crippen LogP contribution in [0, 0.1) is 13.8 Å². The van der Waals surface area contributed by atoms with Crippen LogP contribution >= 0.6 is 0 Å². The molecule has 0 aliphatic heterocycles. The Morgan fingerprint density at radius 2 is 1.83 bits per heavy atom. The Morgan fingerprint density at radius 3 is 2.60 bits per heavy atom. The number of hydrogen-bond acceptors (Lipinski definition) is 4. The second-order valence-electron chi connectivity index (χ2n) is 8.76. The number of carbonyl (C=O) groups excluding carboxylic acids is 1. The minimum Gasteiger partial charge on any atom is -0.497 e. The highest BCUT2D eigenvalue weighted by Crippen LogP contribution is 2.20. The van der Waals surface area contributed by atoms with E-state index in [-0.39, 0.29) is 5.91 Å². The summed E-state index contributed by atoms with van der Waals surface area (Å²) >= 11 is 0. The van der Waals surface area contributed by atoms with E-state index >= 15 is 0 Å². The molecule has 0 aliphatic rings. The van der Waals surface area contributed by atoms with Gasteiger partial charge in [-0.15, -0.1) is 0 Å². The first-order valence-corrected chi connectivity index (χ1v) is 12.1. The van der Waals surface area contributed by atoms with E-state index in [2.05, 4.69) is 41.9 Å². The standard InChI is InChI=1S/C29H33N3O3/c1-21-10-15-27(22(2)19-21)35-18-17-32-26-8-5-4-7-25(26)31-28(32)9-6-16-30-29(33)20-23-11-13-24(34-3)14-12-23/h4-5,7-8,10-15,19H,6,9,16-18,20H2,1-3H3,(H,30,33). The number of methoxy groups -OCH3 is 1. The molecule has 0 radical (unpaired) electrons. The smallest absolute Gasteiger partial charge is 0.224 e. The number of ether oxygens (including phenoxy) is 2. The molecule has 35 heavy (non-hydrogen) atoms. The van der Waals surface area contributed by atoms with Crippen LogP contribution in [0.25, 0.3) is 11.0 Å². The molecule has 0 atom stereocenters. The summed E-state index contributed by atoms with van der Waals surface area (Å²) < 4.78 is 13.5. The van der Waals surface area contributed by atoms with E-state index < -0.39 is 0 Å². The molecule has 0 spiro atoms. The summed E-state index contributed by atoms with van der Waals surface area (Å²) in [5.74, 6) is 2.74. The Balaban J connectivity index is 1.32. The predicted molar refractivity (Wildman–Crippen MR) is 139 cm³/mol. The lowest BCUT2D eigenvalue weighted by molar-refractivity contribution is -0.120. The average molecular weight is 472 g/mol. The van der Waals surface area contributed by atoms with Crippen LogP contribution in [0.5, 0.6) is 11.5 Å². The van der Waals surface area contributed by atoms with Crippen molar-refractivity contribution < 1.29 is 14.3 Å². The molecule has 0 saturated carbocycles. The van der Waals surface area contributed by atoms with Gasteiger partial charge < -0.3 is 19.4 Å². The van der Waals surface area contributed by atoms with Crippen molar-refractivity contribution >= 4 is 16.9 Å². The third kappa shape index (κ3) is 6.41. The third-order valence-corrected chi connectivity index (χ3v) is 6.06. The lowest BCUT2D eigenvalue weighted by Gasteiger charge is -2.13. The summed E-state index contributed by atoms with van der Waals surface area (Å²) in [6.07, 6.45) is 1.95. The number of fused-ring (bicyclic) bond motifs is 1. The van der Waals surface area contributed by atoms with Crippen molar-refractivity contribution in [2.45, 2.75) is 39.7 Å². The Morgan fingerprint density at radius 1 is 1.03 bits per heavy atom.